The zero-order valence-electron chi connectivity index (χ0n) is 18.5. The molecule has 1 aliphatic carbocycles. The van der Waals surface area contributed by atoms with E-state index < -0.39 is 0 Å². The van der Waals surface area contributed by atoms with Crippen LogP contribution >= 0.6 is 12.4 Å². The molecule has 0 amide bonds. The van der Waals surface area contributed by atoms with E-state index in [2.05, 4.69) is 70.1 Å². The van der Waals surface area contributed by atoms with Gasteiger partial charge >= 0.3 is 0 Å². The number of allylic oxidation sites excluding steroid dienone is 1. The molecule has 0 heterocycles. The van der Waals surface area contributed by atoms with Crippen molar-refractivity contribution in [2.24, 2.45) is 0 Å². The number of rotatable bonds is 4. The molecule has 0 aromatic heterocycles. The van der Waals surface area contributed by atoms with E-state index in [4.69, 9.17) is 0 Å². The lowest BCUT2D eigenvalue weighted by Gasteiger charge is -2.23. The van der Waals surface area contributed by atoms with E-state index in [0.29, 0.717) is 11.7 Å². The predicted octanol–water partition coefficient (Wildman–Crippen LogP) is 6.78. The first kappa shape index (κ1) is 23.5. The molecule has 3 heteroatoms. The molecule has 1 N–H and O–H groups in total. The molecule has 0 saturated heterocycles. The van der Waals surface area contributed by atoms with E-state index in [0.717, 1.165) is 19.4 Å². The fourth-order valence-electron chi connectivity index (χ4n) is 4.32. The second-order valence-corrected chi connectivity index (χ2v) is 9.54. The Morgan fingerprint density at radius 2 is 1.76 bits per heavy atom. The second kappa shape index (κ2) is 9.82. The summed E-state index contributed by atoms with van der Waals surface area (Å²) >= 11 is 0. The molecule has 0 radical (unpaired) electrons. The summed E-state index contributed by atoms with van der Waals surface area (Å²) < 4.78 is 0. The number of halogens is 1. The van der Waals surface area contributed by atoms with Gasteiger partial charge in [-0.15, -0.1) is 12.4 Å². The molecular formula is C26H36ClNO. The van der Waals surface area contributed by atoms with E-state index in [-0.39, 0.29) is 17.8 Å². The van der Waals surface area contributed by atoms with Gasteiger partial charge in [0.05, 0.1) is 0 Å². The number of phenolic OH excluding ortho intramolecular Hbond substituents is 1. The molecule has 0 fully saturated rings. The van der Waals surface area contributed by atoms with E-state index in [1.165, 1.54) is 40.7 Å². The van der Waals surface area contributed by atoms with Gasteiger partial charge in [0.2, 0.25) is 0 Å². The van der Waals surface area contributed by atoms with E-state index in [9.17, 15) is 5.11 Å². The summed E-state index contributed by atoms with van der Waals surface area (Å²) in [5.41, 5.74) is 7.15. The number of likely N-dealkylation sites (N-methyl/N-ethyl adjacent to an activating group) is 1. The normalized spacial score (nSPS) is 17.8. The van der Waals surface area contributed by atoms with Crippen LogP contribution in [0.25, 0.3) is 5.57 Å². The van der Waals surface area contributed by atoms with Crippen molar-refractivity contribution in [3.8, 4) is 5.75 Å². The maximum Gasteiger partial charge on any atom is 0.116 e. The Balaban J connectivity index is 0.00000300. The highest BCUT2D eigenvalue weighted by Crippen LogP contribution is 2.40. The monoisotopic (exact) mass is 413 g/mol. The molecule has 0 bridgehead atoms. The average molecular weight is 414 g/mol. The Kier molecular flexibility index (Phi) is 7.96. The zero-order chi connectivity index (χ0) is 20.3. The Morgan fingerprint density at radius 3 is 2.41 bits per heavy atom. The summed E-state index contributed by atoms with van der Waals surface area (Å²) in [7, 11) is 4.28. The Bertz CT molecular complexity index is 848. The number of nitrogens with zero attached hydrogens (tertiary/aromatic N) is 1. The van der Waals surface area contributed by atoms with Gasteiger partial charge in [0, 0.05) is 6.54 Å². The van der Waals surface area contributed by atoms with Crippen molar-refractivity contribution in [1.82, 2.24) is 4.90 Å². The number of hydrogen-bond acceptors (Lipinski definition) is 2. The van der Waals surface area contributed by atoms with Crippen molar-refractivity contribution in [3.63, 3.8) is 0 Å². The zero-order valence-corrected chi connectivity index (χ0v) is 19.4. The van der Waals surface area contributed by atoms with Gasteiger partial charge in [0.25, 0.3) is 0 Å². The van der Waals surface area contributed by atoms with E-state index in [1.807, 2.05) is 12.1 Å². The van der Waals surface area contributed by atoms with Crippen molar-refractivity contribution in [3.05, 3.63) is 70.8 Å². The highest BCUT2D eigenvalue weighted by atomic mass is 35.5. The van der Waals surface area contributed by atoms with Crippen molar-refractivity contribution < 1.29 is 5.11 Å². The molecule has 0 spiro atoms. The van der Waals surface area contributed by atoms with E-state index >= 15 is 0 Å². The molecule has 2 nitrogen and oxygen atoms in total. The molecule has 0 saturated carbocycles. The quantitative estimate of drug-likeness (QED) is 0.596. The van der Waals surface area contributed by atoms with Gasteiger partial charge in [-0.1, -0.05) is 62.7 Å². The van der Waals surface area contributed by atoms with Gasteiger partial charge in [0.1, 0.15) is 5.75 Å². The molecule has 1 aliphatic rings. The van der Waals surface area contributed by atoms with Crippen LogP contribution < -0.4 is 0 Å². The lowest BCUT2D eigenvalue weighted by atomic mass is 9.82. The molecule has 29 heavy (non-hydrogen) atoms. The fourth-order valence-corrected chi connectivity index (χ4v) is 4.32. The molecule has 1 atom stereocenters. The Labute approximate surface area is 183 Å². The summed E-state index contributed by atoms with van der Waals surface area (Å²) in [4.78, 5) is 2.26. The molecule has 158 valence electrons. The predicted molar refractivity (Wildman–Crippen MR) is 127 cm³/mol. The number of aromatic hydroxyl groups is 1. The summed E-state index contributed by atoms with van der Waals surface area (Å²) in [6.07, 6.45) is 4.61. The van der Waals surface area contributed by atoms with E-state index in [1.54, 1.807) is 6.07 Å². The smallest absolute Gasteiger partial charge is 0.116 e. The SMILES string of the molecule is CN(C)CC1=C(c2cccc(O)c2)CC(c2cccc(C(C)(C)C)c2)CCC1.Cl. The van der Waals surface area contributed by atoms with Crippen LogP contribution in [-0.2, 0) is 5.41 Å². The maximum absolute atomic E-state index is 10.1. The molecule has 1 unspecified atom stereocenters. The fraction of sp³-hybridized carbons (Fsp3) is 0.462. The lowest BCUT2D eigenvalue weighted by Crippen LogP contribution is -2.16. The van der Waals surface area contributed by atoms with Crippen LogP contribution in [0.4, 0.5) is 0 Å². The van der Waals surface area contributed by atoms with Gasteiger partial charge < -0.3 is 10.0 Å². The third-order valence-corrected chi connectivity index (χ3v) is 5.83. The molecule has 2 aromatic carbocycles. The van der Waals surface area contributed by atoms with Gasteiger partial charge in [-0.25, -0.2) is 0 Å². The summed E-state index contributed by atoms with van der Waals surface area (Å²) in [5, 5.41) is 10.1. The minimum Gasteiger partial charge on any atom is -0.508 e. The summed E-state index contributed by atoms with van der Waals surface area (Å²) in [6.45, 7) is 7.84. The highest BCUT2D eigenvalue weighted by molar-refractivity contribution is 5.85. The first-order valence-electron chi connectivity index (χ1n) is 10.5. The van der Waals surface area contributed by atoms with Crippen LogP contribution in [0.5, 0.6) is 5.75 Å². The number of benzene rings is 2. The van der Waals surface area contributed by atoms with Crippen LogP contribution in [0.15, 0.2) is 54.1 Å². The third kappa shape index (κ3) is 6.10. The number of hydrogen-bond donors (Lipinski definition) is 1. The standard InChI is InChI=1S/C26H35NO.ClH/c1-26(2,3)23-13-7-10-19(15-23)20-9-6-12-22(18-27(4)5)25(17-20)21-11-8-14-24(28)16-21;/h7-8,10-11,13-16,20,28H,6,9,12,17-18H2,1-5H3;1H. The Morgan fingerprint density at radius 1 is 1.03 bits per heavy atom. The minimum atomic E-state index is 0. The van der Waals surface area contributed by atoms with Crippen LogP contribution in [0, 0.1) is 0 Å². The largest absolute Gasteiger partial charge is 0.508 e. The Hall–Kier alpha value is -1.77. The van der Waals surface area contributed by atoms with Crippen LogP contribution in [0.3, 0.4) is 0 Å². The average Bonchev–Trinajstić information content (AvgIpc) is 2.83. The van der Waals surface area contributed by atoms with Gasteiger partial charge in [0.15, 0.2) is 0 Å². The first-order valence-corrected chi connectivity index (χ1v) is 10.5. The van der Waals surface area contributed by atoms with Crippen LogP contribution in [0.1, 0.15) is 69.1 Å². The molecule has 2 aromatic rings. The highest BCUT2D eigenvalue weighted by Gasteiger charge is 2.23. The first-order chi connectivity index (χ1) is 13.2. The summed E-state index contributed by atoms with van der Waals surface area (Å²) in [6, 6.07) is 17.0. The maximum atomic E-state index is 10.1. The van der Waals surface area contributed by atoms with Gasteiger partial charge in [-0.05, 0) is 85.5 Å². The molecule has 0 aliphatic heterocycles. The van der Waals surface area contributed by atoms with Crippen molar-refractivity contribution >= 4 is 18.0 Å². The van der Waals surface area contributed by atoms with Crippen molar-refractivity contribution in [2.75, 3.05) is 20.6 Å². The third-order valence-electron chi connectivity index (χ3n) is 5.83. The van der Waals surface area contributed by atoms with Crippen LogP contribution in [-0.4, -0.2) is 30.6 Å². The van der Waals surface area contributed by atoms with Crippen LogP contribution in [0.2, 0.25) is 0 Å². The summed E-state index contributed by atoms with van der Waals surface area (Å²) in [5.74, 6) is 0.879. The molecular weight excluding hydrogens is 378 g/mol. The lowest BCUT2D eigenvalue weighted by molar-refractivity contribution is 0.438. The topological polar surface area (TPSA) is 23.5 Å². The molecule has 3 rings (SSSR count). The van der Waals surface area contributed by atoms with Crippen molar-refractivity contribution in [2.45, 2.75) is 57.8 Å². The van der Waals surface area contributed by atoms with Gasteiger partial charge in [-0.3, -0.25) is 0 Å². The van der Waals surface area contributed by atoms with Crippen molar-refractivity contribution in [1.29, 1.82) is 0 Å². The van der Waals surface area contributed by atoms with Gasteiger partial charge in [-0.2, -0.15) is 0 Å². The second-order valence-electron chi connectivity index (χ2n) is 9.54. The number of phenols is 1. The minimum absolute atomic E-state index is 0.